The summed E-state index contributed by atoms with van der Waals surface area (Å²) in [5, 5.41) is 4.94. The molecule has 27 heavy (non-hydrogen) atoms. The summed E-state index contributed by atoms with van der Waals surface area (Å²) in [5.74, 6) is -0.0755. The highest BCUT2D eigenvalue weighted by Crippen LogP contribution is 2.28. The molecule has 3 aromatic rings. The summed E-state index contributed by atoms with van der Waals surface area (Å²) in [4.78, 5) is 23.8. The van der Waals surface area contributed by atoms with Crippen molar-refractivity contribution in [3.05, 3.63) is 66.2 Å². The summed E-state index contributed by atoms with van der Waals surface area (Å²) >= 11 is 0. The molecule has 0 aromatic heterocycles. The van der Waals surface area contributed by atoms with Crippen LogP contribution in [0.5, 0.6) is 11.5 Å². The van der Waals surface area contributed by atoms with Crippen LogP contribution in [0.1, 0.15) is 10.4 Å². The normalized spacial score (nSPS) is 10.3. The molecule has 0 bridgehead atoms. The average molecular weight is 365 g/mol. The van der Waals surface area contributed by atoms with Crippen LogP contribution in [0.4, 0.5) is 5.69 Å². The highest BCUT2D eigenvalue weighted by Gasteiger charge is 2.13. The lowest BCUT2D eigenvalue weighted by Gasteiger charge is -2.12. The van der Waals surface area contributed by atoms with Crippen LogP contribution in [-0.2, 0) is 9.53 Å². The number of methoxy groups -OCH3 is 2. The third-order valence-corrected chi connectivity index (χ3v) is 3.98. The van der Waals surface area contributed by atoms with Crippen molar-refractivity contribution in [1.29, 1.82) is 0 Å². The van der Waals surface area contributed by atoms with E-state index in [2.05, 4.69) is 10.1 Å². The van der Waals surface area contributed by atoms with Gasteiger partial charge in [0.25, 0.3) is 5.91 Å². The first-order chi connectivity index (χ1) is 13.1. The van der Waals surface area contributed by atoms with Gasteiger partial charge in [0.2, 0.25) is 0 Å². The predicted molar refractivity (Wildman–Crippen MR) is 102 cm³/mol. The summed E-state index contributed by atoms with van der Waals surface area (Å²) in [6.45, 7) is -0.194. The Hall–Kier alpha value is -3.54. The Morgan fingerprint density at radius 3 is 2.41 bits per heavy atom. The van der Waals surface area contributed by atoms with Gasteiger partial charge in [0.1, 0.15) is 0 Å². The number of nitrogens with one attached hydrogen (secondary N) is 1. The number of carbonyl (C=O) groups excluding carboxylic acids is 2. The standard InChI is InChI=1S/C21H19NO5/c1-25-19-12-16(21(24)26-2)8-10-18(19)27-13-20(23)22-17-9-7-14-5-3-4-6-15(14)11-17/h3-12H,13H2,1-2H3,(H,22,23). The number of carbonyl (C=O) groups is 2. The van der Waals surface area contributed by atoms with Crippen molar-refractivity contribution in [1.82, 2.24) is 0 Å². The first kappa shape index (κ1) is 18.3. The Morgan fingerprint density at radius 1 is 0.889 bits per heavy atom. The minimum absolute atomic E-state index is 0.194. The number of amides is 1. The van der Waals surface area contributed by atoms with Gasteiger partial charge < -0.3 is 19.5 Å². The summed E-state index contributed by atoms with van der Waals surface area (Å²) in [6.07, 6.45) is 0. The Morgan fingerprint density at radius 2 is 1.67 bits per heavy atom. The Labute approximate surface area is 156 Å². The molecule has 6 heteroatoms. The molecular weight excluding hydrogens is 346 g/mol. The second-order valence-corrected chi connectivity index (χ2v) is 5.76. The zero-order valence-electron chi connectivity index (χ0n) is 15.0. The summed E-state index contributed by atoms with van der Waals surface area (Å²) < 4.78 is 15.4. The third kappa shape index (κ3) is 4.36. The smallest absolute Gasteiger partial charge is 0.337 e. The minimum atomic E-state index is -0.478. The number of hydrogen-bond acceptors (Lipinski definition) is 5. The second-order valence-electron chi connectivity index (χ2n) is 5.76. The Balaban J connectivity index is 1.65. The minimum Gasteiger partial charge on any atom is -0.493 e. The zero-order chi connectivity index (χ0) is 19.2. The van der Waals surface area contributed by atoms with Crippen LogP contribution < -0.4 is 14.8 Å². The van der Waals surface area contributed by atoms with Crippen molar-refractivity contribution in [2.45, 2.75) is 0 Å². The molecule has 0 fully saturated rings. The molecule has 3 rings (SSSR count). The number of fused-ring (bicyclic) bond motifs is 1. The van der Waals surface area contributed by atoms with Crippen LogP contribution in [0.2, 0.25) is 0 Å². The van der Waals surface area contributed by atoms with E-state index < -0.39 is 5.97 Å². The van der Waals surface area contributed by atoms with Crippen LogP contribution >= 0.6 is 0 Å². The van der Waals surface area contributed by atoms with E-state index in [-0.39, 0.29) is 12.5 Å². The molecule has 0 radical (unpaired) electrons. The maximum absolute atomic E-state index is 12.2. The van der Waals surface area contributed by atoms with Crippen molar-refractivity contribution in [2.24, 2.45) is 0 Å². The highest BCUT2D eigenvalue weighted by atomic mass is 16.5. The molecule has 0 unspecified atom stereocenters. The van der Waals surface area contributed by atoms with Crippen LogP contribution in [0, 0.1) is 0 Å². The van der Waals surface area contributed by atoms with Gasteiger partial charge in [-0.1, -0.05) is 30.3 Å². The number of benzene rings is 3. The van der Waals surface area contributed by atoms with E-state index in [0.717, 1.165) is 10.8 Å². The number of ether oxygens (including phenoxy) is 3. The maximum atomic E-state index is 12.2. The lowest BCUT2D eigenvalue weighted by Crippen LogP contribution is -2.20. The number of rotatable bonds is 6. The lowest BCUT2D eigenvalue weighted by atomic mass is 10.1. The molecular formula is C21H19NO5. The summed E-state index contributed by atoms with van der Waals surface area (Å²) in [6, 6.07) is 18.2. The van der Waals surface area contributed by atoms with E-state index >= 15 is 0 Å². The molecule has 0 atom stereocenters. The molecule has 6 nitrogen and oxygen atoms in total. The van der Waals surface area contributed by atoms with E-state index in [9.17, 15) is 9.59 Å². The van der Waals surface area contributed by atoms with Gasteiger partial charge in [-0.3, -0.25) is 4.79 Å². The molecule has 3 aromatic carbocycles. The maximum Gasteiger partial charge on any atom is 0.337 e. The monoisotopic (exact) mass is 365 g/mol. The lowest BCUT2D eigenvalue weighted by molar-refractivity contribution is -0.118. The van der Waals surface area contributed by atoms with Gasteiger partial charge in [0, 0.05) is 5.69 Å². The molecule has 0 saturated heterocycles. The molecule has 0 aliphatic carbocycles. The van der Waals surface area contributed by atoms with E-state index in [1.165, 1.54) is 20.3 Å². The summed E-state index contributed by atoms with van der Waals surface area (Å²) in [5.41, 5.74) is 1.03. The Bertz CT molecular complexity index is 983. The zero-order valence-corrected chi connectivity index (χ0v) is 15.0. The van der Waals surface area contributed by atoms with Crippen LogP contribution in [0.15, 0.2) is 60.7 Å². The van der Waals surface area contributed by atoms with Crippen molar-refractivity contribution in [3.8, 4) is 11.5 Å². The fourth-order valence-electron chi connectivity index (χ4n) is 2.64. The van der Waals surface area contributed by atoms with Gasteiger partial charge in [-0.25, -0.2) is 4.79 Å². The average Bonchev–Trinajstić information content (AvgIpc) is 2.71. The molecule has 138 valence electrons. The first-order valence-electron chi connectivity index (χ1n) is 8.28. The largest absolute Gasteiger partial charge is 0.493 e. The van der Waals surface area contributed by atoms with Crippen LogP contribution in [0.25, 0.3) is 10.8 Å². The van der Waals surface area contributed by atoms with Gasteiger partial charge >= 0.3 is 5.97 Å². The van der Waals surface area contributed by atoms with Crippen molar-refractivity contribution in [2.75, 3.05) is 26.1 Å². The number of anilines is 1. The van der Waals surface area contributed by atoms with E-state index in [1.807, 2.05) is 42.5 Å². The SMILES string of the molecule is COC(=O)c1ccc(OCC(=O)Nc2ccc3ccccc3c2)c(OC)c1. The summed E-state index contributed by atoms with van der Waals surface area (Å²) in [7, 11) is 2.76. The quantitative estimate of drug-likeness (QED) is 0.675. The van der Waals surface area contributed by atoms with Gasteiger partial charge in [-0.15, -0.1) is 0 Å². The van der Waals surface area contributed by atoms with E-state index in [4.69, 9.17) is 9.47 Å². The topological polar surface area (TPSA) is 73.9 Å². The first-order valence-corrected chi connectivity index (χ1v) is 8.28. The van der Waals surface area contributed by atoms with E-state index in [1.54, 1.807) is 12.1 Å². The van der Waals surface area contributed by atoms with E-state index in [0.29, 0.717) is 22.7 Å². The van der Waals surface area contributed by atoms with Gasteiger partial charge in [0.05, 0.1) is 19.8 Å². The van der Waals surface area contributed by atoms with Crippen LogP contribution in [0.3, 0.4) is 0 Å². The van der Waals surface area contributed by atoms with Crippen LogP contribution in [-0.4, -0.2) is 32.7 Å². The fourth-order valence-corrected chi connectivity index (χ4v) is 2.64. The number of esters is 1. The van der Waals surface area contributed by atoms with Gasteiger partial charge in [-0.2, -0.15) is 0 Å². The third-order valence-electron chi connectivity index (χ3n) is 3.98. The second kappa shape index (κ2) is 8.23. The molecule has 0 saturated carbocycles. The van der Waals surface area contributed by atoms with Gasteiger partial charge in [-0.05, 0) is 41.1 Å². The molecule has 1 N–H and O–H groups in total. The van der Waals surface area contributed by atoms with Crippen molar-refractivity contribution in [3.63, 3.8) is 0 Å². The molecule has 1 amide bonds. The molecule has 0 aliphatic rings. The molecule has 0 spiro atoms. The van der Waals surface area contributed by atoms with Crippen molar-refractivity contribution < 1.29 is 23.8 Å². The predicted octanol–water partition coefficient (Wildman–Crippen LogP) is 3.65. The fraction of sp³-hybridized carbons (Fsp3) is 0.143. The molecule has 0 heterocycles. The molecule has 0 aliphatic heterocycles. The highest BCUT2D eigenvalue weighted by molar-refractivity contribution is 5.95. The Kier molecular flexibility index (Phi) is 5.56. The van der Waals surface area contributed by atoms with Gasteiger partial charge in [0.15, 0.2) is 18.1 Å². The van der Waals surface area contributed by atoms with Crippen molar-refractivity contribution >= 4 is 28.3 Å². The number of hydrogen-bond donors (Lipinski definition) is 1.